The standard InChI is InChI=1S/C27H27N5O2/c1-27(2,3)17-31-24-22(25(33)30(4)26(31)34)23(19-12-14-28-15-13-19)32(29-24)16-20-10-7-9-18-8-5-6-11-21(18)20/h5-15H,16-17H2,1-4H3. The average Bonchev–Trinajstić information content (AvgIpc) is 3.20. The predicted octanol–water partition coefficient (Wildman–Crippen LogP) is 4.21. The minimum absolute atomic E-state index is 0.176. The Morgan fingerprint density at radius 1 is 0.912 bits per heavy atom. The number of nitrogens with zero attached hydrogens (tertiary/aromatic N) is 5. The van der Waals surface area contributed by atoms with Crippen molar-refractivity contribution in [1.82, 2.24) is 23.9 Å². The van der Waals surface area contributed by atoms with E-state index in [1.54, 1.807) is 17.0 Å². The van der Waals surface area contributed by atoms with Gasteiger partial charge in [0.25, 0.3) is 5.56 Å². The topological polar surface area (TPSA) is 74.7 Å². The zero-order valence-electron chi connectivity index (χ0n) is 19.8. The second kappa shape index (κ2) is 8.09. The first-order valence-electron chi connectivity index (χ1n) is 11.3. The molecule has 3 aromatic heterocycles. The van der Waals surface area contributed by atoms with Gasteiger partial charge in [0.2, 0.25) is 0 Å². The molecule has 2 aromatic carbocycles. The first kappa shape index (κ1) is 21.8. The summed E-state index contributed by atoms with van der Waals surface area (Å²) >= 11 is 0. The van der Waals surface area contributed by atoms with Crippen LogP contribution in [0.1, 0.15) is 26.3 Å². The molecule has 7 nitrogen and oxygen atoms in total. The lowest BCUT2D eigenvalue weighted by atomic mass is 9.97. The van der Waals surface area contributed by atoms with Crippen molar-refractivity contribution in [2.24, 2.45) is 12.5 Å². The number of hydrogen-bond donors (Lipinski definition) is 0. The Hall–Kier alpha value is -4.00. The first-order valence-corrected chi connectivity index (χ1v) is 11.3. The number of hydrogen-bond acceptors (Lipinski definition) is 4. The molecule has 0 amide bonds. The third-order valence-corrected chi connectivity index (χ3v) is 6.01. The molecule has 0 saturated carbocycles. The summed E-state index contributed by atoms with van der Waals surface area (Å²) in [6.07, 6.45) is 3.40. The lowest BCUT2D eigenvalue weighted by Gasteiger charge is -2.20. The van der Waals surface area contributed by atoms with Gasteiger partial charge in [-0.2, -0.15) is 5.10 Å². The molecule has 5 aromatic rings. The third kappa shape index (κ3) is 3.73. The average molecular weight is 454 g/mol. The van der Waals surface area contributed by atoms with E-state index in [-0.39, 0.29) is 16.7 Å². The van der Waals surface area contributed by atoms with Crippen LogP contribution in [0.3, 0.4) is 0 Å². The van der Waals surface area contributed by atoms with Gasteiger partial charge in [0, 0.05) is 31.5 Å². The molecule has 3 heterocycles. The van der Waals surface area contributed by atoms with Crippen LogP contribution in [0, 0.1) is 5.41 Å². The summed E-state index contributed by atoms with van der Waals surface area (Å²) in [6.45, 7) is 7.09. The normalized spacial score (nSPS) is 12.0. The molecule has 0 radical (unpaired) electrons. The highest BCUT2D eigenvalue weighted by atomic mass is 16.2. The number of benzene rings is 2. The van der Waals surface area contributed by atoms with Crippen molar-refractivity contribution < 1.29 is 0 Å². The van der Waals surface area contributed by atoms with Crippen molar-refractivity contribution in [3.05, 3.63) is 93.4 Å². The molecular weight excluding hydrogens is 426 g/mol. The molecule has 7 heteroatoms. The zero-order chi connectivity index (χ0) is 24.0. The summed E-state index contributed by atoms with van der Waals surface area (Å²) in [7, 11) is 1.53. The van der Waals surface area contributed by atoms with Crippen LogP contribution < -0.4 is 11.2 Å². The van der Waals surface area contributed by atoms with E-state index in [1.807, 2.05) is 35.0 Å². The molecule has 34 heavy (non-hydrogen) atoms. The van der Waals surface area contributed by atoms with Crippen LogP contribution in [0.4, 0.5) is 0 Å². The van der Waals surface area contributed by atoms with Gasteiger partial charge in [0.15, 0.2) is 5.65 Å². The maximum Gasteiger partial charge on any atom is 0.332 e. The smallest absolute Gasteiger partial charge is 0.275 e. The molecule has 0 aliphatic heterocycles. The van der Waals surface area contributed by atoms with Gasteiger partial charge in [-0.3, -0.25) is 23.6 Å². The van der Waals surface area contributed by atoms with E-state index >= 15 is 0 Å². The monoisotopic (exact) mass is 453 g/mol. The Morgan fingerprint density at radius 3 is 2.35 bits per heavy atom. The summed E-state index contributed by atoms with van der Waals surface area (Å²) in [4.78, 5) is 30.7. The molecule has 0 saturated heterocycles. The Labute approximate surface area is 196 Å². The molecule has 0 aliphatic rings. The van der Waals surface area contributed by atoms with Crippen molar-refractivity contribution in [2.45, 2.75) is 33.9 Å². The van der Waals surface area contributed by atoms with Crippen molar-refractivity contribution in [3.8, 4) is 11.3 Å². The van der Waals surface area contributed by atoms with Crippen LogP contribution >= 0.6 is 0 Å². The van der Waals surface area contributed by atoms with E-state index in [4.69, 9.17) is 5.10 Å². The molecule has 0 bridgehead atoms. The summed E-state index contributed by atoms with van der Waals surface area (Å²) in [5.74, 6) is 0. The highest BCUT2D eigenvalue weighted by molar-refractivity contribution is 5.91. The Morgan fingerprint density at radius 2 is 1.62 bits per heavy atom. The van der Waals surface area contributed by atoms with Crippen LogP contribution in [0.25, 0.3) is 33.1 Å². The minimum Gasteiger partial charge on any atom is -0.275 e. The van der Waals surface area contributed by atoms with E-state index in [9.17, 15) is 9.59 Å². The number of rotatable bonds is 4. The predicted molar refractivity (Wildman–Crippen MR) is 135 cm³/mol. The SMILES string of the molecule is Cn1c(=O)c2c(-c3ccncc3)n(Cc3cccc4ccccc34)nc2n(CC(C)(C)C)c1=O. The van der Waals surface area contributed by atoms with Gasteiger partial charge in [-0.05, 0) is 33.9 Å². The van der Waals surface area contributed by atoms with E-state index in [2.05, 4.69) is 50.0 Å². The summed E-state index contributed by atoms with van der Waals surface area (Å²) in [5.41, 5.74) is 2.14. The molecular formula is C27H27N5O2. The Balaban J connectivity index is 1.84. The molecule has 0 unspecified atom stereocenters. The second-order valence-electron chi connectivity index (χ2n) is 9.87. The van der Waals surface area contributed by atoms with Gasteiger partial charge in [-0.15, -0.1) is 0 Å². The molecule has 0 spiro atoms. The van der Waals surface area contributed by atoms with Crippen LogP contribution in [0.5, 0.6) is 0 Å². The Bertz CT molecular complexity index is 1630. The molecule has 0 N–H and O–H groups in total. The molecule has 5 rings (SSSR count). The number of fused-ring (bicyclic) bond motifs is 2. The fourth-order valence-corrected chi connectivity index (χ4v) is 4.49. The van der Waals surface area contributed by atoms with Crippen molar-refractivity contribution in [3.63, 3.8) is 0 Å². The van der Waals surface area contributed by atoms with Crippen LogP contribution in [0.15, 0.2) is 76.6 Å². The summed E-state index contributed by atoms with van der Waals surface area (Å²) in [6, 6.07) is 18.1. The highest BCUT2D eigenvalue weighted by Gasteiger charge is 2.24. The van der Waals surface area contributed by atoms with Gasteiger partial charge in [-0.1, -0.05) is 63.2 Å². The van der Waals surface area contributed by atoms with Crippen molar-refractivity contribution in [1.29, 1.82) is 0 Å². The lowest BCUT2D eigenvalue weighted by molar-refractivity contribution is 0.337. The van der Waals surface area contributed by atoms with E-state index < -0.39 is 0 Å². The zero-order valence-corrected chi connectivity index (χ0v) is 19.8. The van der Waals surface area contributed by atoms with Crippen LogP contribution in [0.2, 0.25) is 0 Å². The largest absolute Gasteiger partial charge is 0.332 e. The third-order valence-electron chi connectivity index (χ3n) is 6.01. The second-order valence-corrected chi connectivity index (χ2v) is 9.87. The number of aromatic nitrogens is 5. The molecule has 0 fully saturated rings. The fraction of sp³-hybridized carbons (Fsp3) is 0.259. The Kier molecular flexibility index (Phi) is 5.20. The van der Waals surface area contributed by atoms with Crippen LogP contribution in [-0.4, -0.2) is 23.9 Å². The number of pyridine rings is 1. The molecule has 0 aliphatic carbocycles. The maximum absolute atomic E-state index is 13.4. The van der Waals surface area contributed by atoms with Gasteiger partial charge in [0.05, 0.1) is 12.2 Å². The lowest BCUT2D eigenvalue weighted by Crippen LogP contribution is -2.40. The molecule has 0 atom stereocenters. The maximum atomic E-state index is 13.4. The molecule has 172 valence electrons. The van der Waals surface area contributed by atoms with Gasteiger partial charge in [0.1, 0.15) is 5.39 Å². The fourth-order valence-electron chi connectivity index (χ4n) is 4.49. The van der Waals surface area contributed by atoms with E-state index in [1.165, 1.54) is 11.6 Å². The van der Waals surface area contributed by atoms with Gasteiger partial charge >= 0.3 is 5.69 Å². The minimum atomic E-state index is -0.358. The van der Waals surface area contributed by atoms with Crippen molar-refractivity contribution in [2.75, 3.05) is 0 Å². The van der Waals surface area contributed by atoms with E-state index in [0.717, 1.165) is 21.9 Å². The first-order chi connectivity index (χ1) is 16.2. The van der Waals surface area contributed by atoms with Gasteiger partial charge in [-0.25, -0.2) is 4.79 Å². The summed E-state index contributed by atoms with van der Waals surface area (Å²) in [5, 5.41) is 7.60. The van der Waals surface area contributed by atoms with Crippen LogP contribution in [-0.2, 0) is 20.1 Å². The van der Waals surface area contributed by atoms with Crippen molar-refractivity contribution >= 4 is 21.8 Å². The quantitative estimate of drug-likeness (QED) is 0.409. The van der Waals surface area contributed by atoms with Gasteiger partial charge < -0.3 is 0 Å². The van der Waals surface area contributed by atoms with E-state index in [0.29, 0.717) is 29.8 Å². The highest BCUT2D eigenvalue weighted by Crippen LogP contribution is 2.29. The summed E-state index contributed by atoms with van der Waals surface area (Å²) < 4.78 is 4.66.